The van der Waals surface area contributed by atoms with E-state index in [9.17, 15) is 9.59 Å². The Hall–Kier alpha value is -3.89. The van der Waals surface area contributed by atoms with Gasteiger partial charge < -0.3 is 29.4 Å². The van der Waals surface area contributed by atoms with Crippen molar-refractivity contribution in [3.05, 3.63) is 84.3 Å². The molecule has 1 fully saturated rings. The first-order valence-corrected chi connectivity index (χ1v) is 13.5. The largest absolute Gasteiger partial charge is 0.494 e. The third-order valence-electron chi connectivity index (χ3n) is 7.92. The van der Waals surface area contributed by atoms with Crippen LogP contribution in [0.2, 0.25) is 0 Å². The Morgan fingerprint density at radius 1 is 1.05 bits per heavy atom. The lowest BCUT2D eigenvalue weighted by molar-refractivity contribution is -0.134. The average Bonchev–Trinajstić information content (AvgIpc) is 3.65. The summed E-state index contributed by atoms with van der Waals surface area (Å²) in [5.41, 5.74) is 2.66. The molecule has 0 saturated carbocycles. The standard InChI is InChI=1S/C30H36BN5O4/c1-29(2)30(3,4)40-31(39-29)22-16-14-20(15-17-22)23-19-32-26(33-23)24-13-10-18-36(24)27(37)25(34-28(38)35(5)6)21-11-8-7-9-12-21/h7-17,19,24-25H,18H2,1-6H3,(H,32,33)(H,34,38)/t24-,25?/m0/s1. The maximum absolute atomic E-state index is 13.8. The summed E-state index contributed by atoms with van der Waals surface area (Å²) < 4.78 is 12.3. The molecule has 2 atom stereocenters. The molecule has 10 heteroatoms. The Morgan fingerprint density at radius 2 is 1.70 bits per heavy atom. The molecule has 9 nitrogen and oxygen atoms in total. The van der Waals surface area contributed by atoms with Crippen LogP contribution < -0.4 is 10.8 Å². The number of benzene rings is 2. The zero-order chi connectivity index (χ0) is 28.7. The Balaban J connectivity index is 1.33. The molecule has 3 heterocycles. The van der Waals surface area contributed by atoms with Crippen molar-refractivity contribution in [3.8, 4) is 11.3 Å². The molecule has 208 valence electrons. The van der Waals surface area contributed by atoms with Crippen molar-refractivity contribution >= 4 is 24.5 Å². The summed E-state index contributed by atoms with van der Waals surface area (Å²) >= 11 is 0. The average molecular weight is 541 g/mol. The minimum absolute atomic E-state index is 0.207. The second-order valence-electron chi connectivity index (χ2n) is 11.4. The van der Waals surface area contributed by atoms with Crippen LogP contribution in [0, 0.1) is 0 Å². The van der Waals surface area contributed by atoms with Gasteiger partial charge in [0.1, 0.15) is 17.9 Å². The van der Waals surface area contributed by atoms with Crippen LogP contribution in [0.25, 0.3) is 11.3 Å². The smallest absolute Gasteiger partial charge is 0.399 e. The second kappa shape index (κ2) is 10.6. The number of nitrogens with one attached hydrogen (secondary N) is 2. The Kier molecular flexibility index (Phi) is 7.33. The fourth-order valence-electron chi connectivity index (χ4n) is 4.77. The molecular weight excluding hydrogens is 505 g/mol. The zero-order valence-corrected chi connectivity index (χ0v) is 23.8. The van der Waals surface area contributed by atoms with E-state index in [0.717, 1.165) is 22.3 Å². The van der Waals surface area contributed by atoms with Gasteiger partial charge in [-0.05, 0) is 44.3 Å². The maximum atomic E-state index is 13.8. The number of carbonyl (C=O) groups is 2. The van der Waals surface area contributed by atoms with E-state index in [1.54, 1.807) is 25.2 Å². The molecule has 0 bridgehead atoms. The minimum atomic E-state index is -0.824. The van der Waals surface area contributed by atoms with Crippen LogP contribution in [0.4, 0.5) is 4.79 Å². The number of aromatic nitrogens is 2. The molecule has 2 aliphatic rings. The van der Waals surface area contributed by atoms with Gasteiger partial charge in [0.2, 0.25) is 0 Å². The molecule has 1 unspecified atom stereocenters. The Morgan fingerprint density at radius 3 is 2.33 bits per heavy atom. The molecule has 0 radical (unpaired) electrons. The van der Waals surface area contributed by atoms with Gasteiger partial charge in [0.15, 0.2) is 0 Å². The highest BCUT2D eigenvalue weighted by Crippen LogP contribution is 2.36. The summed E-state index contributed by atoms with van der Waals surface area (Å²) in [6, 6.07) is 15.7. The summed E-state index contributed by atoms with van der Waals surface area (Å²) in [6.07, 6.45) is 5.67. The van der Waals surface area contributed by atoms with Crippen LogP contribution in [0.1, 0.15) is 51.2 Å². The van der Waals surface area contributed by atoms with Crippen molar-refractivity contribution in [2.75, 3.05) is 20.6 Å². The van der Waals surface area contributed by atoms with Crippen LogP contribution in [0.3, 0.4) is 0 Å². The number of H-pyrrole nitrogens is 1. The van der Waals surface area contributed by atoms with Gasteiger partial charge in [0.05, 0.1) is 23.1 Å². The van der Waals surface area contributed by atoms with Gasteiger partial charge in [0.25, 0.3) is 5.91 Å². The molecule has 2 aromatic carbocycles. The third kappa shape index (κ3) is 5.29. The molecule has 40 heavy (non-hydrogen) atoms. The predicted octanol–water partition coefficient (Wildman–Crippen LogP) is 3.83. The number of aromatic amines is 1. The fraction of sp³-hybridized carbons (Fsp3) is 0.367. The number of rotatable bonds is 6. The summed E-state index contributed by atoms with van der Waals surface area (Å²) in [5.74, 6) is 0.444. The molecule has 2 aliphatic heterocycles. The summed E-state index contributed by atoms with van der Waals surface area (Å²) in [5, 5.41) is 2.87. The first-order valence-electron chi connectivity index (χ1n) is 13.5. The van der Waals surface area contributed by atoms with Gasteiger partial charge >= 0.3 is 13.1 Å². The molecule has 1 aromatic heterocycles. The van der Waals surface area contributed by atoms with Crippen LogP contribution in [-0.2, 0) is 14.1 Å². The first kappa shape index (κ1) is 27.7. The number of imidazole rings is 1. The third-order valence-corrected chi connectivity index (χ3v) is 7.92. The van der Waals surface area contributed by atoms with Crippen molar-refractivity contribution in [1.29, 1.82) is 0 Å². The highest BCUT2D eigenvalue weighted by Gasteiger charge is 2.51. The summed E-state index contributed by atoms with van der Waals surface area (Å²) in [6.45, 7) is 8.58. The number of urea groups is 1. The van der Waals surface area contributed by atoms with E-state index in [4.69, 9.17) is 9.31 Å². The summed E-state index contributed by atoms with van der Waals surface area (Å²) in [7, 11) is 2.87. The molecule has 0 spiro atoms. The van der Waals surface area contributed by atoms with Gasteiger partial charge in [-0.2, -0.15) is 0 Å². The van der Waals surface area contributed by atoms with Crippen LogP contribution in [-0.4, -0.2) is 70.7 Å². The Labute approximate surface area is 235 Å². The fourth-order valence-corrected chi connectivity index (χ4v) is 4.77. The number of amides is 3. The van der Waals surface area contributed by atoms with Crippen LogP contribution in [0.15, 0.2) is 72.9 Å². The topological polar surface area (TPSA) is 99.8 Å². The van der Waals surface area contributed by atoms with Gasteiger partial charge in [0, 0.05) is 20.6 Å². The van der Waals surface area contributed by atoms with Crippen LogP contribution >= 0.6 is 0 Å². The number of hydrogen-bond acceptors (Lipinski definition) is 5. The van der Waals surface area contributed by atoms with E-state index in [1.807, 2.05) is 94.4 Å². The lowest BCUT2D eigenvalue weighted by atomic mass is 9.79. The number of nitrogens with zero attached hydrogens (tertiary/aromatic N) is 3. The van der Waals surface area contributed by atoms with Crippen molar-refractivity contribution < 1.29 is 18.9 Å². The molecule has 5 rings (SSSR count). The van der Waals surface area contributed by atoms with Crippen molar-refractivity contribution in [2.24, 2.45) is 0 Å². The molecular formula is C30H36BN5O4. The predicted molar refractivity (Wildman–Crippen MR) is 155 cm³/mol. The normalized spacial score (nSPS) is 20.0. The first-order chi connectivity index (χ1) is 19.0. The van der Waals surface area contributed by atoms with E-state index >= 15 is 0 Å². The highest BCUT2D eigenvalue weighted by molar-refractivity contribution is 6.62. The van der Waals surface area contributed by atoms with E-state index in [-0.39, 0.29) is 18.0 Å². The van der Waals surface area contributed by atoms with Crippen molar-refractivity contribution in [2.45, 2.75) is 51.0 Å². The molecule has 1 saturated heterocycles. The molecule has 3 aromatic rings. The molecule has 0 aliphatic carbocycles. The highest BCUT2D eigenvalue weighted by atomic mass is 16.7. The van der Waals surface area contributed by atoms with Crippen molar-refractivity contribution in [3.63, 3.8) is 0 Å². The maximum Gasteiger partial charge on any atom is 0.494 e. The van der Waals surface area contributed by atoms with Crippen molar-refractivity contribution in [1.82, 2.24) is 25.1 Å². The Bertz CT molecular complexity index is 1380. The zero-order valence-electron chi connectivity index (χ0n) is 23.8. The summed E-state index contributed by atoms with van der Waals surface area (Å²) in [4.78, 5) is 37.5. The minimum Gasteiger partial charge on any atom is -0.399 e. The second-order valence-corrected chi connectivity index (χ2v) is 11.4. The van der Waals surface area contributed by atoms with E-state index in [0.29, 0.717) is 12.4 Å². The quantitative estimate of drug-likeness (QED) is 0.365. The van der Waals surface area contributed by atoms with E-state index < -0.39 is 24.4 Å². The monoisotopic (exact) mass is 541 g/mol. The molecule has 2 N–H and O–H groups in total. The van der Waals surface area contributed by atoms with Gasteiger partial charge in [-0.25, -0.2) is 9.78 Å². The van der Waals surface area contributed by atoms with E-state index in [1.165, 1.54) is 4.90 Å². The van der Waals surface area contributed by atoms with Gasteiger partial charge in [-0.15, -0.1) is 0 Å². The molecule has 3 amide bonds. The number of carbonyl (C=O) groups excluding carboxylic acids is 2. The number of hydrogen-bond donors (Lipinski definition) is 2. The van der Waals surface area contributed by atoms with Gasteiger partial charge in [-0.1, -0.05) is 66.7 Å². The van der Waals surface area contributed by atoms with E-state index in [2.05, 4.69) is 15.3 Å². The van der Waals surface area contributed by atoms with Gasteiger partial charge in [-0.3, -0.25) is 4.79 Å². The lowest BCUT2D eigenvalue weighted by Crippen LogP contribution is -2.45. The lowest BCUT2D eigenvalue weighted by Gasteiger charge is -2.32. The SMILES string of the molecule is CN(C)C(=O)NC(C(=O)N1CC=C[C@H]1c1ncc(-c2ccc(B3OC(C)(C)C(C)(C)O3)cc2)[nH]1)c1ccccc1. The van der Waals surface area contributed by atoms with Crippen LogP contribution in [0.5, 0.6) is 0 Å².